The Balaban J connectivity index is 1.98. The van der Waals surface area contributed by atoms with E-state index in [-0.39, 0.29) is 16.2 Å². The van der Waals surface area contributed by atoms with Gasteiger partial charge in [0.25, 0.3) is 11.5 Å². The van der Waals surface area contributed by atoms with Crippen LogP contribution in [0, 0.1) is 4.77 Å². The highest BCUT2D eigenvalue weighted by molar-refractivity contribution is 7.99. The maximum absolute atomic E-state index is 12.6. The van der Waals surface area contributed by atoms with Crippen LogP contribution >= 0.6 is 24.0 Å². The van der Waals surface area contributed by atoms with Crippen LogP contribution in [0.15, 0.2) is 23.0 Å². The predicted octanol–water partition coefficient (Wildman–Crippen LogP) is 2.16. The Morgan fingerprint density at radius 3 is 2.95 bits per heavy atom. The summed E-state index contributed by atoms with van der Waals surface area (Å²) in [6, 6.07) is 5.08. The topological polar surface area (TPSA) is 69.0 Å². The molecule has 1 aliphatic rings. The molecule has 7 heteroatoms. The van der Waals surface area contributed by atoms with Crippen LogP contribution in [0.3, 0.4) is 0 Å². The van der Waals surface area contributed by atoms with E-state index in [0.29, 0.717) is 16.5 Å². The Morgan fingerprint density at radius 2 is 2.10 bits per heavy atom. The van der Waals surface area contributed by atoms with Crippen LogP contribution in [0.5, 0.6) is 0 Å². The quantitative estimate of drug-likeness (QED) is 0.790. The zero-order valence-corrected chi connectivity index (χ0v) is 13.0. The van der Waals surface area contributed by atoms with E-state index in [2.05, 4.69) is 9.97 Å². The number of rotatable bonds is 1. The highest BCUT2D eigenvalue weighted by Gasteiger charge is 2.17. The molecule has 0 radical (unpaired) electrons. The van der Waals surface area contributed by atoms with Crippen LogP contribution in [-0.2, 0) is 0 Å². The van der Waals surface area contributed by atoms with Gasteiger partial charge in [-0.1, -0.05) is 0 Å². The van der Waals surface area contributed by atoms with Crippen molar-refractivity contribution in [2.24, 2.45) is 0 Å². The zero-order chi connectivity index (χ0) is 14.8. The average Bonchev–Trinajstić information content (AvgIpc) is 2.74. The molecule has 1 aliphatic heterocycles. The highest BCUT2D eigenvalue weighted by atomic mass is 32.2. The van der Waals surface area contributed by atoms with E-state index >= 15 is 0 Å². The summed E-state index contributed by atoms with van der Waals surface area (Å²) in [4.78, 5) is 31.7. The standard InChI is InChI=1S/C14H15N3O2S2/c18-12-10-3-2-9(8-11(10)15-14(20)16-12)13(19)17-4-1-6-21-7-5-17/h2-3,8H,1,4-7H2,(H2,15,16,18,20). The van der Waals surface area contributed by atoms with Gasteiger partial charge in [-0.25, -0.2) is 0 Å². The number of H-pyrrole nitrogens is 2. The fourth-order valence-electron chi connectivity index (χ4n) is 2.43. The molecule has 2 heterocycles. The number of carbonyl (C=O) groups is 1. The molecular weight excluding hydrogens is 306 g/mol. The molecule has 1 aromatic heterocycles. The SMILES string of the molecule is O=C(c1ccc2c(=O)[nH]c(=S)[nH]c2c1)N1CCCSCC1. The Labute approximate surface area is 130 Å². The Hall–Kier alpha value is -1.60. The number of aromatic nitrogens is 2. The van der Waals surface area contributed by atoms with Gasteiger partial charge in [0.2, 0.25) is 0 Å². The van der Waals surface area contributed by atoms with Gasteiger partial charge in [-0.2, -0.15) is 11.8 Å². The van der Waals surface area contributed by atoms with Crippen molar-refractivity contribution < 1.29 is 4.79 Å². The number of hydrogen-bond donors (Lipinski definition) is 2. The van der Waals surface area contributed by atoms with E-state index in [9.17, 15) is 9.59 Å². The molecular formula is C14H15N3O2S2. The molecule has 21 heavy (non-hydrogen) atoms. The van der Waals surface area contributed by atoms with E-state index in [1.54, 1.807) is 18.2 Å². The van der Waals surface area contributed by atoms with Crippen LogP contribution in [0.1, 0.15) is 16.8 Å². The van der Waals surface area contributed by atoms with Gasteiger partial charge in [0.15, 0.2) is 4.77 Å². The highest BCUT2D eigenvalue weighted by Crippen LogP contribution is 2.15. The van der Waals surface area contributed by atoms with E-state index in [4.69, 9.17) is 12.2 Å². The Morgan fingerprint density at radius 1 is 1.24 bits per heavy atom. The van der Waals surface area contributed by atoms with E-state index in [1.807, 2.05) is 16.7 Å². The van der Waals surface area contributed by atoms with Crippen LogP contribution in [0.4, 0.5) is 0 Å². The molecule has 0 bridgehead atoms. The lowest BCUT2D eigenvalue weighted by molar-refractivity contribution is 0.0768. The normalized spacial score (nSPS) is 15.9. The molecule has 0 unspecified atom stereocenters. The first-order valence-corrected chi connectivity index (χ1v) is 8.35. The summed E-state index contributed by atoms with van der Waals surface area (Å²) in [5, 5.41) is 0.506. The lowest BCUT2D eigenvalue weighted by atomic mass is 10.1. The summed E-state index contributed by atoms with van der Waals surface area (Å²) < 4.78 is 0.267. The first-order chi connectivity index (χ1) is 10.1. The van der Waals surface area contributed by atoms with Crippen molar-refractivity contribution in [1.82, 2.24) is 14.9 Å². The molecule has 1 amide bonds. The summed E-state index contributed by atoms with van der Waals surface area (Å²) in [5.41, 5.74) is 0.948. The molecule has 1 fully saturated rings. The lowest BCUT2D eigenvalue weighted by Gasteiger charge is -2.20. The largest absolute Gasteiger partial charge is 0.338 e. The monoisotopic (exact) mass is 321 g/mol. The third-order valence-corrected chi connectivity index (χ3v) is 4.75. The van der Waals surface area contributed by atoms with E-state index in [0.717, 1.165) is 31.0 Å². The van der Waals surface area contributed by atoms with Crippen molar-refractivity contribution >= 4 is 40.8 Å². The fourth-order valence-corrected chi connectivity index (χ4v) is 3.52. The molecule has 0 aliphatic carbocycles. The summed E-state index contributed by atoms with van der Waals surface area (Å²) >= 11 is 6.85. The van der Waals surface area contributed by atoms with Gasteiger partial charge in [0.05, 0.1) is 10.9 Å². The van der Waals surface area contributed by atoms with Crippen LogP contribution in [0.2, 0.25) is 0 Å². The number of carbonyl (C=O) groups excluding carboxylic acids is 1. The summed E-state index contributed by atoms with van der Waals surface area (Å²) in [6.45, 7) is 1.56. The molecule has 5 nitrogen and oxygen atoms in total. The first-order valence-electron chi connectivity index (χ1n) is 6.78. The maximum Gasteiger partial charge on any atom is 0.259 e. The van der Waals surface area contributed by atoms with Crippen LogP contribution in [-0.4, -0.2) is 45.4 Å². The second-order valence-electron chi connectivity index (χ2n) is 4.93. The maximum atomic E-state index is 12.6. The summed E-state index contributed by atoms with van der Waals surface area (Å²) in [7, 11) is 0. The second-order valence-corrected chi connectivity index (χ2v) is 6.56. The minimum absolute atomic E-state index is 0.0130. The van der Waals surface area contributed by atoms with Crippen LogP contribution < -0.4 is 5.56 Å². The molecule has 0 saturated carbocycles. The van der Waals surface area contributed by atoms with Crippen molar-refractivity contribution in [3.05, 3.63) is 38.9 Å². The van der Waals surface area contributed by atoms with Crippen molar-refractivity contribution in [3.8, 4) is 0 Å². The van der Waals surface area contributed by atoms with Gasteiger partial charge >= 0.3 is 0 Å². The predicted molar refractivity (Wildman–Crippen MR) is 87.6 cm³/mol. The van der Waals surface area contributed by atoms with E-state index in [1.165, 1.54) is 0 Å². The average molecular weight is 321 g/mol. The van der Waals surface area contributed by atoms with Gasteiger partial charge < -0.3 is 9.88 Å². The number of nitrogens with zero attached hydrogens (tertiary/aromatic N) is 1. The Kier molecular flexibility index (Phi) is 4.12. The number of fused-ring (bicyclic) bond motifs is 1. The molecule has 1 saturated heterocycles. The molecule has 2 N–H and O–H groups in total. The smallest absolute Gasteiger partial charge is 0.259 e. The third kappa shape index (κ3) is 3.03. The van der Waals surface area contributed by atoms with Gasteiger partial charge in [0, 0.05) is 24.4 Å². The Bertz CT molecular complexity index is 789. The molecule has 0 spiro atoms. The van der Waals surface area contributed by atoms with Crippen LogP contribution in [0.25, 0.3) is 10.9 Å². The molecule has 110 valence electrons. The number of nitrogens with one attached hydrogen (secondary N) is 2. The molecule has 3 rings (SSSR count). The number of aromatic amines is 2. The summed E-state index contributed by atoms with van der Waals surface area (Å²) in [6.07, 6.45) is 1.02. The van der Waals surface area contributed by atoms with Gasteiger partial charge in [0.1, 0.15) is 0 Å². The van der Waals surface area contributed by atoms with E-state index < -0.39 is 0 Å². The number of hydrogen-bond acceptors (Lipinski definition) is 4. The van der Waals surface area contributed by atoms with Crippen molar-refractivity contribution in [2.45, 2.75) is 6.42 Å². The number of benzene rings is 1. The number of thioether (sulfide) groups is 1. The van der Waals surface area contributed by atoms with Gasteiger partial charge in [-0.15, -0.1) is 0 Å². The van der Waals surface area contributed by atoms with Gasteiger partial charge in [-0.05, 0) is 42.6 Å². The molecule has 0 atom stereocenters. The van der Waals surface area contributed by atoms with Crippen molar-refractivity contribution in [1.29, 1.82) is 0 Å². The molecule has 2 aromatic rings. The molecule has 1 aromatic carbocycles. The van der Waals surface area contributed by atoms with Crippen molar-refractivity contribution in [3.63, 3.8) is 0 Å². The van der Waals surface area contributed by atoms with Crippen molar-refractivity contribution in [2.75, 3.05) is 24.6 Å². The second kappa shape index (κ2) is 6.03. The summed E-state index contributed by atoms with van der Waals surface area (Å²) in [5.74, 6) is 2.09. The minimum atomic E-state index is -0.237. The lowest BCUT2D eigenvalue weighted by Crippen LogP contribution is -2.32. The fraction of sp³-hybridized carbons (Fsp3) is 0.357. The zero-order valence-electron chi connectivity index (χ0n) is 11.3. The minimum Gasteiger partial charge on any atom is -0.338 e. The first kappa shape index (κ1) is 14.3. The third-order valence-electron chi connectivity index (χ3n) is 3.50. The van der Waals surface area contributed by atoms with Gasteiger partial charge in [-0.3, -0.25) is 14.6 Å². The number of amides is 1.